The minimum Gasteiger partial charge on any atom is -0.298 e. The van der Waals surface area contributed by atoms with Crippen LogP contribution in [0.15, 0.2) is 84.4 Å². The standard InChI is InChI=1S/C25H15ClN2O2S/c26-20-12-14-21(15-13-20)28-24(30)22(23(29)27-25(28)31)16-19-10-8-18(9-11-19)7-6-17-4-2-1-3-5-17/h1-5,8-16H,(H,27,29,31)/b22-16+. The van der Waals surface area contributed by atoms with Crippen molar-refractivity contribution in [3.05, 3.63) is 106 Å². The highest BCUT2D eigenvalue weighted by Gasteiger charge is 2.34. The van der Waals surface area contributed by atoms with Crippen LogP contribution in [0, 0.1) is 11.8 Å². The van der Waals surface area contributed by atoms with Crippen LogP contribution in [0.3, 0.4) is 0 Å². The lowest BCUT2D eigenvalue weighted by atomic mass is 10.1. The van der Waals surface area contributed by atoms with Crippen molar-refractivity contribution >= 4 is 52.5 Å². The SMILES string of the molecule is O=C1NC(=S)N(c2ccc(Cl)cc2)C(=O)/C1=C/c1ccc(C#Cc2ccccc2)cc1. The summed E-state index contributed by atoms with van der Waals surface area (Å²) < 4.78 is 0. The van der Waals surface area contributed by atoms with E-state index in [1.165, 1.54) is 11.0 Å². The highest BCUT2D eigenvalue weighted by molar-refractivity contribution is 7.80. The summed E-state index contributed by atoms with van der Waals surface area (Å²) in [7, 11) is 0. The first-order valence-electron chi connectivity index (χ1n) is 9.35. The maximum absolute atomic E-state index is 13.0. The molecular formula is C25H15ClN2O2S. The fraction of sp³-hybridized carbons (Fsp3) is 0. The molecule has 0 unspecified atom stereocenters. The lowest BCUT2D eigenvalue weighted by molar-refractivity contribution is -0.122. The molecule has 1 aliphatic rings. The highest BCUT2D eigenvalue weighted by Crippen LogP contribution is 2.23. The molecule has 0 radical (unpaired) electrons. The molecule has 3 aromatic rings. The smallest absolute Gasteiger partial charge is 0.270 e. The Morgan fingerprint density at radius 2 is 1.45 bits per heavy atom. The van der Waals surface area contributed by atoms with E-state index in [1.807, 2.05) is 54.6 Å². The van der Waals surface area contributed by atoms with Crippen molar-refractivity contribution in [1.29, 1.82) is 0 Å². The van der Waals surface area contributed by atoms with Gasteiger partial charge in [0.1, 0.15) is 5.57 Å². The number of hydrogen-bond donors (Lipinski definition) is 1. The summed E-state index contributed by atoms with van der Waals surface area (Å²) in [5.74, 6) is 5.16. The number of thiocarbonyl (C=S) groups is 1. The first-order valence-corrected chi connectivity index (χ1v) is 10.1. The number of carbonyl (C=O) groups excluding carboxylic acids is 2. The maximum Gasteiger partial charge on any atom is 0.270 e. The number of nitrogens with zero attached hydrogens (tertiary/aromatic N) is 1. The molecule has 0 bridgehead atoms. The van der Waals surface area contributed by atoms with Gasteiger partial charge in [0.05, 0.1) is 5.69 Å². The van der Waals surface area contributed by atoms with Crippen molar-refractivity contribution in [3.63, 3.8) is 0 Å². The van der Waals surface area contributed by atoms with E-state index in [4.69, 9.17) is 23.8 Å². The normalized spacial score (nSPS) is 14.8. The molecule has 1 saturated heterocycles. The Balaban J connectivity index is 1.59. The second-order valence-electron chi connectivity index (χ2n) is 6.67. The highest BCUT2D eigenvalue weighted by atomic mass is 35.5. The fourth-order valence-electron chi connectivity index (χ4n) is 2.98. The van der Waals surface area contributed by atoms with Crippen molar-refractivity contribution in [2.45, 2.75) is 0 Å². The number of benzene rings is 3. The van der Waals surface area contributed by atoms with E-state index in [0.717, 1.165) is 11.1 Å². The van der Waals surface area contributed by atoms with Gasteiger partial charge in [0, 0.05) is 16.1 Å². The number of halogens is 1. The summed E-state index contributed by atoms with van der Waals surface area (Å²) in [5, 5.41) is 3.13. The first-order chi connectivity index (χ1) is 15.0. The monoisotopic (exact) mass is 442 g/mol. The maximum atomic E-state index is 13.0. The molecule has 1 aliphatic heterocycles. The van der Waals surface area contributed by atoms with Crippen LogP contribution in [-0.2, 0) is 9.59 Å². The van der Waals surface area contributed by atoms with E-state index < -0.39 is 11.8 Å². The molecule has 1 heterocycles. The molecule has 3 aromatic carbocycles. The second-order valence-corrected chi connectivity index (χ2v) is 7.50. The van der Waals surface area contributed by atoms with E-state index >= 15 is 0 Å². The van der Waals surface area contributed by atoms with Crippen LogP contribution in [0.1, 0.15) is 16.7 Å². The predicted octanol–water partition coefficient (Wildman–Crippen LogP) is 4.57. The lowest BCUT2D eigenvalue weighted by Crippen LogP contribution is -2.54. The average molecular weight is 443 g/mol. The zero-order valence-electron chi connectivity index (χ0n) is 16.1. The minimum atomic E-state index is -0.534. The Morgan fingerprint density at radius 3 is 2.10 bits per heavy atom. The van der Waals surface area contributed by atoms with Crippen molar-refractivity contribution in [3.8, 4) is 11.8 Å². The number of rotatable bonds is 2. The third kappa shape index (κ3) is 4.72. The van der Waals surface area contributed by atoms with E-state index in [2.05, 4.69) is 17.2 Å². The molecule has 0 saturated carbocycles. The van der Waals surface area contributed by atoms with E-state index in [9.17, 15) is 9.59 Å². The van der Waals surface area contributed by atoms with Crippen molar-refractivity contribution < 1.29 is 9.59 Å². The van der Waals surface area contributed by atoms with Crippen LogP contribution in [0.25, 0.3) is 6.08 Å². The Hall–Kier alpha value is -3.72. The predicted molar refractivity (Wildman–Crippen MR) is 127 cm³/mol. The van der Waals surface area contributed by atoms with E-state index in [0.29, 0.717) is 16.3 Å². The topological polar surface area (TPSA) is 49.4 Å². The van der Waals surface area contributed by atoms with Crippen molar-refractivity contribution in [2.75, 3.05) is 4.90 Å². The second kappa shape index (κ2) is 8.97. The molecule has 4 nitrogen and oxygen atoms in total. The largest absolute Gasteiger partial charge is 0.298 e. The third-order valence-corrected chi connectivity index (χ3v) is 5.07. The summed E-state index contributed by atoms with van der Waals surface area (Å²) >= 11 is 11.1. The molecule has 150 valence electrons. The number of anilines is 1. The van der Waals surface area contributed by atoms with Crippen LogP contribution in [0.5, 0.6) is 0 Å². The molecule has 2 amide bonds. The van der Waals surface area contributed by atoms with Crippen molar-refractivity contribution in [1.82, 2.24) is 5.32 Å². The van der Waals surface area contributed by atoms with Gasteiger partial charge in [0.15, 0.2) is 5.11 Å². The molecule has 1 fully saturated rings. The minimum absolute atomic E-state index is 0.00771. The number of hydrogen-bond acceptors (Lipinski definition) is 3. The Kier molecular flexibility index (Phi) is 5.94. The van der Waals surface area contributed by atoms with Gasteiger partial charge in [-0.15, -0.1) is 0 Å². The van der Waals surface area contributed by atoms with Gasteiger partial charge >= 0.3 is 0 Å². The fourth-order valence-corrected chi connectivity index (χ4v) is 3.38. The van der Waals surface area contributed by atoms with Gasteiger partial charge in [-0.1, -0.05) is 53.8 Å². The molecule has 31 heavy (non-hydrogen) atoms. The molecule has 1 N–H and O–H groups in total. The zero-order chi connectivity index (χ0) is 21.8. The van der Waals surface area contributed by atoms with Crippen molar-refractivity contribution in [2.24, 2.45) is 0 Å². The number of carbonyl (C=O) groups is 2. The molecule has 0 atom stereocenters. The average Bonchev–Trinajstić information content (AvgIpc) is 2.78. The summed E-state index contributed by atoms with van der Waals surface area (Å²) in [6, 6.07) is 23.6. The summed E-state index contributed by atoms with van der Waals surface area (Å²) in [6.07, 6.45) is 1.54. The van der Waals surface area contributed by atoms with Gasteiger partial charge in [-0.2, -0.15) is 0 Å². The first kappa shape index (κ1) is 20.5. The van der Waals surface area contributed by atoms with E-state index in [1.54, 1.807) is 24.3 Å². The third-order valence-electron chi connectivity index (χ3n) is 4.53. The van der Waals surface area contributed by atoms with Gasteiger partial charge in [-0.05, 0) is 72.4 Å². The lowest BCUT2D eigenvalue weighted by Gasteiger charge is -2.28. The number of amides is 2. The Labute approximate surface area is 190 Å². The summed E-state index contributed by atoms with van der Waals surface area (Å²) in [6.45, 7) is 0. The van der Waals surface area contributed by atoms with Crippen LogP contribution < -0.4 is 10.2 Å². The molecule has 0 aliphatic carbocycles. The molecule has 6 heteroatoms. The number of nitrogens with one attached hydrogen (secondary N) is 1. The molecule has 4 rings (SSSR count). The van der Waals surface area contributed by atoms with Crippen LogP contribution in [-0.4, -0.2) is 16.9 Å². The quantitative estimate of drug-likeness (QED) is 0.274. The van der Waals surface area contributed by atoms with Gasteiger partial charge in [0.25, 0.3) is 11.8 Å². The van der Waals surface area contributed by atoms with Gasteiger partial charge < -0.3 is 0 Å². The molecular weight excluding hydrogens is 428 g/mol. The summed E-state index contributed by atoms with van der Waals surface area (Å²) in [5.41, 5.74) is 2.97. The van der Waals surface area contributed by atoms with Crippen LogP contribution in [0.4, 0.5) is 5.69 Å². The Bertz CT molecular complexity index is 1250. The van der Waals surface area contributed by atoms with Crippen LogP contribution >= 0.6 is 23.8 Å². The van der Waals surface area contributed by atoms with Gasteiger partial charge in [-0.25, -0.2) is 0 Å². The molecule has 0 aromatic heterocycles. The Morgan fingerprint density at radius 1 is 0.839 bits per heavy atom. The van der Waals surface area contributed by atoms with Crippen LogP contribution in [0.2, 0.25) is 5.02 Å². The summed E-state index contributed by atoms with van der Waals surface area (Å²) in [4.78, 5) is 26.7. The van der Waals surface area contributed by atoms with E-state index in [-0.39, 0.29) is 10.7 Å². The van der Waals surface area contributed by atoms with Gasteiger partial charge in [-0.3, -0.25) is 19.8 Å². The van der Waals surface area contributed by atoms with Gasteiger partial charge in [0.2, 0.25) is 0 Å². The molecule has 0 spiro atoms. The zero-order valence-corrected chi connectivity index (χ0v) is 17.7.